The highest BCUT2D eigenvalue weighted by Crippen LogP contribution is 2.38. The number of hydrogen-bond acceptors (Lipinski definition) is 11. The summed E-state index contributed by atoms with van der Waals surface area (Å²) in [6.07, 6.45) is 2.17. The molecule has 0 saturated heterocycles. The van der Waals surface area contributed by atoms with Gasteiger partial charge < -0.3 is 14.2 Å². The average molecular weight is 576 g/mol. The maximum Gasteiger partial charge on any atom is 0.243 e. The van der Waals surface area contributed by atoms with E-state index >= 15 is 0 Å². The molecule has 0 unspecified atom stereocenters. The van der Waals surface area contributed by atoms with Crippen LogP contribution in [0.4, 0.5) is 10.3 Å². The van der Waals surface area contributed by atoms with Gasteiger partial charge in [-0.25, -0.2) is 27.8 Å². The molecular formula is C24H26FN7O5S2. The predicted octanol–water partition coefficient (Wildman–Crippen LogP) is 3.72. The molecule has 0 saturated carbocycles. The first-order valence-electron chi connectivity index (χ1n) is 11.5. The van der Waals surface area contributed by atoms with E-state index in [1.165, 1.54) is 43.1 Å². The van der Waals surface area contributed by atoms with E-state index in [1.54, 1.807) is 18.2 Å². The Hall–Kier alpha value is -3.95. The Morgan fingerprint density at radius 1 is 1.18 bits per heavy atom. The summed E-state index contributed by atoms with van der Waals surface area (Å²) in [6, 6.07) is 5.12. The standard InChI is InChI=1S/C24H26FN7O5S2/c1-6-10-37-20(21-26-11-16(25)12-27-21)15(3)39(33,34)31-24-30-29-22(23-28-14(2)13-38-23)32(24)19-17(35-4)8-7-9-18(19)36-5/h6-9,11-13,15,20H,1,10H2,2-5H3,(H,30,31)/t15-,20-/m1/s1. The van der Waals surface area contributed by atoms with Gasteiger partial charge in [-0.05, 0) is 26.0 Å². The number of aryl methyl sites for hydroxylation is 1. The van der Waals surface area contributed by atoms with Crippen LogP contribution in [0.1, 0.15) is 24.5 Å². The zero-order valence-electron chi connectivity index (χ0n) is 21.5. The molecule has 0 fully saturated rings. The van der Waals surface area contributed by atoms with Gasteiger partial charge in [0.15, 0.2) is 22.5 Å². The first kappa shape index (κ1) is 28.1. The second-order valence-electron chi connectivity index (χ2n) is 8.14. The van der Waals surface area contributed by atoms with Crippen molar-refractivity contribution in [2.24, 2.45) is 0 Å². The fourth-order valence-electron chi connectivity index (χ4n) is 3.65. The number of para-hydroxylation sites is 1. The van der Waals surface area contributed by atoms with Crippen LogP contribution in [0.15, 0.2) is 48.6 Å². The molecule has 39 heavy (non-hydrogen) atoms. The van der Waals surface area contributed by atoms with E-state index in [2.05, 4.69) is 36.5 Å². The SMILES string of the molecule is C=CCO[C@@H](c1ncc(F)cn1)[C@@H](C)S(=O)(=O)Nc1nnc(-c2nc(C)cs2)n1-c1c(OC)cccc1OC. The fourth-order valence-corrected chi connectivity index (χ4v) is 5.52. The van der Waals surface area contributed by atoms with Gasteiger partial charge in [-0.3, -0.25) is 9.29 Å². The minimum Gasteiger partial charge on any atom is -0.494 e. The third-order valence-corrected chi connectivity index (χ3v) is 8.19. The van der Waals surface area contributed by atoms with E-state index in [0.29, 0.717) is 22.2 Å². The van der Waals surface area contributed by atoms with Crippen molar-refractivity contribution in [2.75, 3.05) is 25.5 Å². The summed E-state index contributed by atoms with van der Waals surface area (Å²) in [4.78, 5) is 12.3. The molecule has 206 valence electrons. The number of anilines is 1. The number of thiazole rings is 1. The number of hydrogen-bond donors (Lipinski definition) is 1. The molecule has 0 aliphatic carbocycles. The van der Waals surface area contributed by atoms with Crippen LogP contribution in [0.25, 0.3) is 16.5 Å². The van der Waals surface area contributed by atoms with Crippen LogP contribution >= 0.6 is 11.3 Å². The molecule has 0 aliphatic heterocycles. The van der Waals surface area contributed by atoms with E-state index in [1.807, 2.05) is 12.3 Å². The first-order valence-corrected chi connectivity index (χ1v) is 13.9. The van der Waals surface area contributed by atoms with E-state index in [-0.39, 0.29) is 24.2 Å². The van der Waals surface area contributed by atoms with Gasteiger partial charge in [0, 0.05) is 11.1 Å². The van der Waals surface area contributed by atoms with Crippen molar-refractivity contribution in [1.29, 1.82) is 0 Å². The number of aromatic nitrogens is 6. The Kier molecular flexibility index (Phi) is 8.52. The van der Waals surface area contributed by atoms with E-state index in [4.69, 9.17) is 14.2 Å². The summed E-state index contributed by atoms with van der Waals surface area (Å²) in [5, 5.41) is 9.47. The third-order valence-electron chi connectivity index (χ3n) is 5.54. The van der Waals surface area contributed by atoms with Gasteiger partial charge >= 0.3 is 0 Å². The molecule has 3 aromatic heterocycles. The largest absolute Gasteiger partial charge is 0.494 e. The van der Waals surface area contributed by atoms with Gasteiger partial charge in [-0.2, -0.15) is 0 Å². The van der Waals surface area contributed by atoms with Gasteiger partial charge in [0.25, 0.3) is 0 Å². The van der Waals surface area contributed by atoms with Crippen molar-refractivity contribution < 1.29 is 27.0 Å². The number of sulfonamides is 1. The maximum absolute atomic E-state index is 13.7. The van der Waals surface area contributed by atoms with Gasteiger partial charge in [0.05, 0.1) is 33.2 Å². The van der Waals surface area contributed by atoms with Crippen LogP contribution in [-0.4, -0.2) is 64.2 Å². The van der Waals surface area contributed by atoms with Crippen LogP contribution < -0.4 is 14.2 Å². The molecule has 4 rings (SSSR count). The van der Waals surface area contributed by atoms with Gasteiger partial charge in [-0.15, -0.1) is 28.1 Å². The molecule has 0 spiro atoms. The van der Waals surface area contributed by atoms with Crippen LogP contribution in [0.3, 0.4) is 0 Å². The molecule has 4 aromatic rings. The molecule has 15 heteroatoms. The highest BCUT2D eigenvalue weighted by Gasteiger charge is 2.35. The number of rotatable bonds is 12. The van der Waals surface area contributed by atoms with Crippen molar-refractivity contribution in [1.82, 2.24) is 29.7 Å². The highest BCUT2D eigenvalue weighted by atomic mass is 32.2. The van der Waals surface area contributed by atoms with E-state index < -0.39 is 27.2 Å². The average Bonchev–Trinajstić information content (AvgIpc) is 3.54. The van der Waals surface area contributed by atoms with Gasteiger partial charge in [0.1, 0.15) is 28.5 Å². The van der Waals surface area contributed by atoms with E-state index in [9.17, 15) is 12.8 Å². The summed E-state index contributed by atoms with van der Waals surface area (Å²) in [6.45, 7) is 6.85. The fraction of sp³-hybridized carbons (Fsp3) is 0.292. The molecule has 1 N–H and O–H groups in total. The Morgan fingerprint density at radius 3 is 2.41 bits per heavy atom. The summed E-state index contributed by atoms with van der Waals surface area (Å²) < 4.78 is 61.6. The van der Waals surface area contributed by atoms with E-state index in [0.717, 1.165) is 18.1 Å². The molecular weight excluding hydrogens is 549 g/mol. The number of benzene rings is 1. The monoisotopic (exact) mass is 575 g/mol. The number of halogens is 1. The second-order valence-corrected chi connectivity index (χ2v) is 11.0. The van der Waals surface area contributed by atoms with Crippen LogP contribution in [0, 0.1) is 12.7 Å². The zero-order chi connectivity index (χ0) is 28.2. The van der Waals surface area contributed by atoms with Crippen LogP contribution in [0.5, 0.6) is 11.5 Å². The maximum atomic E-state index is 13.7. The minimum atomic E-state index is -4.24. The van der Waals surface area contributed by atoms with Gasteiger partial charge in [0.2, 0.25) is 16.0 Å². The van der Waals surface area contributed by atoms with Crippen molar-refractivity contribution in [3.8, 4) is 28.0 Å². The predicted molar refractivity (Wildman–Crippen MR) is 143 cm³/mol. The minimum absolute atomic E-state index is 0.00735. The molecule has 2 atom stereocenters. The Morgan fingerprint density at radius 2 is 1.85 bits per heavy atom. The lowest BCUT2D eigenvalue weighted by molar-refractivity contribution is 0.0669. The molecule has 0 radical (unpaired) electrons. The summed E-state index contributed by atoms with van der Waals surface area (Å²) >= 11 is 1.32. The summed E-state index contributed by atoms with van der Waals surface area (Å²) in [7, 11) is -1.28. The lowest BCUT2D eigenvalue weighted by atomic mass is 10.2. The summed E-state index contributed by atoms with van der Waals surface area (Å²) in [5.74, 6) is 0.201. The molecule has 0 aliphatic rings. The Labute approximate surface area is 228 Å². The van der Waals surface area contributed by atoms with Gasteiger partial charge in [-0.1, -0.05) is 12.1 Å². The molecule has 3 heterocycles. The van der Waals surface area contributed by atoms with Crippen molar-refractivity contribution in [3.05, 3.63) is 66.0 Å². The van der Waals surface area contributed by atoms with Crippen LogP contribution in [-0.2, 0) is 14.8 Å². The third kappa shape index (κ3) is 5.89. The van der Waals surface area contributed by atoms with Crippen molar-refractivity contribution >= 4 is 27.3 Å². The lowest BCUT2D eigenvalue weighted by Gasteiger charge is -2.23. The number of nitrogens with one attached hydrogen (secondary N) is 1. The second kappa shape index (κ2) is 11.8. The lowest BCUT2D eigenvalue weighted by Crippen LogP contribution is -2.34. The normalized spacial score (nSPS) is 13.1. The van der Waals surface area contributed by atoms with Crippen LogP contribution in [0.2, 0.25) is 0 Å². The Bertz CT molecular complexity index is 1540. The van der Waals surface area contributed by atoms with Crippen molar-refractivity contribution in [2.45, 2.75) is 25.2 Å². The number of methoxy groups -OCH3 is 2. The molecule has 0 bridgehead atoms. The summed E-state index contributed by atoms with van der Waals surface area (Å²) in [5.41, 5.74) is 1.12. The Balaban J connectivity index is 1.82. The molecule has 1 aromatic carbocycles. The zero-order valence-corrected chi connectivity index (χ0v) is 23.2. The smallest absolute Gasteiger partial charge is 0.243 e. The first-order chi connectivity index (χ1) is 18.7. The van der Waals surface area contributed by atoms with Crippen molar-refractivity contribution in [3.63, 3.8) is 0 Å². The number of nitrogens with zero attached hydrogens (tertiary/aromatic N) is 6. The topological polar surface area (TPSA) is 143 Å². The molecule has 12 nitrogen and oxygen atoms in total. The highest BCUT2D eigenvalue weighted by molar-refractivity contribution is 7.93. The molecule has 0 amide bonds. The quantitative estimate of drug-likeness (QED) is 0.248. The number of ether oxygens (including phenoxy) is 3.